The van der Waals surface area contributed by atoms with Gasteiger partial charge in [0.2, 0.25) is 15.9 Å². The van der Waals surface area contributed by atoms with Gasteiger partial charge in [0.05, 0.1) is 11.4 Å². The molecule has 7 heteroatoms. The molecule has 3 aromatic rings. The van der Waals surface area contributed by atoms with Crippen LogP contribution in [0, 0.1) is 34.6 Å². The lowest BCUT2D eigenvalue weighted by Crippen LogP contribution is -2.38. The highest BCUT2D eigenvalue weighted by molar-refractivity contribution is 7.89. The number of hydrogen-bond acceptors (Lipinski definition) is 3. The summed E-state index contributed by atoms with van der Waals surface area (Å²) in [6, 6.07) is 16.4. The Morgan fingerprint density at radius 2 is 1.45 bits per heavy atom. The van der Waals surface area contributed by atoms with Gasteiger partial charge in [0.15, 0.2) is 0 Å². The van der Waals surface area contributed by atoms with Gasteiger partial charge in [0.25, 0.3) is 0 Å². The zero-order valence-corrected chi connectivity index (χ0v) is 21.1. The lowest BCUT2D eigenvalue weighted by Gasteiger charge is -2.24. The van der Waals surface area contributed by atoms with E-state index in [2.05, 4.69) is 5.32 Å². The van der Waals surface area contributed by atoms with E-state index in [1.54, 1.807) is 38.1 Å². The Morgan fingerprint density at radius 3 is 2.06 bits per heavy atom. The van der Waals surface area contributed by atoms with Gasteiger partial charge in [0.1, 0.15) is 0 Å². The van der Waals surface area contributed by atoms with Gasteiger partial charge in [-0.2, -0.15) is 4.31 Å². The molecule has 3 rings (SSSR count). The van der Waals surface area contributed by atoms with Crippen LogP contribution in [0.3, 0.4) is 0 Å². The minimum atomic E-state index is -3.95. The third-order valence-electron chi connectivity index (χ3n) is 5.46. The van der Waals surface area contributed by atoms with Crippen molar-refractivity contribution in [1.29, 1.82) is 0 Å². The van der Waals surface area contributed by atoms with Crippen LogP contribution < -0.4 is 5.32 Å². The van der Waals surface area contributed by atoms with Gasteiger partial charge >= 0.3 is 0 Å². The maximum absolute atomic E-state index is 13.8. The normalized spacial score (nSPS) is 11.6. The first-order valence-corrected chi connectivity index (χ1v) is 12.5. The number of halogens is 1. The standard InChI is InChI=1S/C26H29ClN2O3S/c1-17-6-7-19(3)24(14-17)28-25(30)16-29(15-22-8-10-23(27)11-9-22)33(31,32)26-20(4)12-18(2)13-21(26)5/h6-14H,15-16H2,1-5H3,(H,28,30). The topological polar surface area (TPSA) is 66.5 Å². The number of rotatable bonds is 7. The first-order chi connectivity index (χ1) is 15.5. The summed E-state index contributed by atoms with van der Waals surface area (Å²) in [6.07, 6.45) is 0. The van der Waals surface area contributed by atoms with Crippen LogP contribution in [0.15, 0.2) is 59.5 Å². The first kappa shape index (κ1) is 25.0. The number of benzene rings is 3. The molecular weight excluding hydrogens is 456 g/mol. The van der Waals surface area contributed by atoms with Crippen molar-refractivity contribution in [2.45, 2.75) is 46.1 Å². The Balaban J connectivity index is 1.98. The number of sulfonamides is 1. The predicted octanol–water partition coefficient (Wildman–Crippen LogP) is 5.71. The minimum absolute atomic E-state index is 0.0481. The smallest absolute Gasteiger partial charge is 0.244 e. The van der Waals surface area contributed by atoms with E-state index in [9.17, 15) is 13.2 Å². The average molecular weight is 485 g/mol. The zero-order chi connectivity index (χ0) is 24.3. The monoisotopic (exact) mass is 484 g/mol. The maximum atomic E-state index is 13.8. The number of amides is 1. The Kier molecular flexibility index (Phi) is 7.62. The van der Waals surface area contributed by atoms with Gasteiger partial charge < -0.3 is 5.32 Å². The van der Waals surface area contributed by atoms with E-state index in [1.165, 1.54) is 4.31 Å². The molecule has 0 radical (unpaired) electrons. The molecule has 1 N–H and O–H groups in total. The third kappa shape index (κ3) is 6.02. The van der Waals surface area contributed by atoms with Crippen molar-refractivity contribution in [3.8, 4) is 0 Å². The third-order valence-corrected chi connectivity index (χ3v) is 7.81. The molecule has 3 aromatic carbocycles. The van der Waals surface area contributed by atoms with Crippen LogP contribution >= 0.6 is 11.6 Å². The van der Waals surface area contributed by atoms with Gasteiger partial charge in [-0.15, -0.1) is 0 Å². The fraction of sp³-hybridized carbons (Fsp3) is 0.269. The Labute approximate surface area is 201 Å². The summed E-state index contributed by atoms with van der Waals surface area (Å²) in [4.78, 5) is 13.2. The average Bonchev–Trinajstić information content (AvgIpc) is 2.71. The summed E-state index contributed by atoms with van der Waals surface area (Å²) in [6.45, 7) is 9.07. The highest BCUT2D eigenvalue weighted by Gasteiger charge is 2.30. The van der Waals surface area contributed by atoms with Crippen molar-refractivity contribution >= 4 is 33.2 Å². The van der Waals surface area contributed by atoms with E-state index < -0.39 is 15.9 Å². The first-order valence-electron chi connectivity index (χ1n) is 10.7. The van der Waals surface area contributed by atoms with Gasteiger partial charge in [-0.1, -0.05) is 53.6 Å². The van der Waals surface area contributed by atoms with E-state index >= 15 is 0 Å². The van der Waals surface area contributed by atoms with Crippen LogP contribution in [0.1, 0.15) is 33.4 Å². The van der Waals surface area contributed by atoms with Crippen LogP contribution in [-0.4, -0.2) is 25.2 Å². The SMILES string of the molecule is Cc1cc(C)c(S(=O)(=O)N(CC(=O)Nc2cc(C)ccc2C)Cc2ccc(Cl)cc2)c(C)c1. The fourth-order valence-electron chi connectivity index (χ4n) is 3.94. The number of carbonyl (C=O) groups excluding carboxylic acids is 1. The quantitative estimate of drug-likeness (QED) is 0.467. The fourth-order valence-corrected chi connectivity index (χ4v) is 5.86. The van der Waals surface area contributed by atoms with E-state index in [1.807, 2.05) is 51.1 Å². The lowest BCUT2D eigenvalue weighted by atomic mass is 10.1. The van der Waals surface area contributed by atoms with Crippen LogP contribution in [0.2, 0.25) is 5.02 Å². The number of aryl methyl sites for hydroxylation is 5. The number of nitrogens with zero attached hydrogens (tertiary/aromatic N) is 1. The molecular formula is C26H29ClN2O3S. The molecule has 5 nitrogen and oxygen atoms in total. The molecule has 0 heterocycles. The Morgan fingerprint density at radius 1 is 0.848 bits per heavy atom. The van der Waals surface area contributed by atoms with Crippen molar-refractivity contribution < 1.29 is 13.2 Å². The molecule has 0 atom stereocenters. The van der Waals surface area contributed by atoms with Gasteiger partial charge in [0, 0.05) is 17.3 Å². The largest absolute Gasteiger partial charge is 0.325 e. The highest BCUT2D eigenvalue weighted by Crippen LogP contribution is 2.27. The molecule has 0 aromatic heterocycles. The number of nitrogens with one attached hydrogen (secondary N) is 1. The van der Waals surface area contributed by atoms with E-state index in [-0.39, 0.29) is 18.0 Å². The van der Waals surface area contributed by atoms with Crippen LogP contribution in [0.4, 0.5) is 5.69 Å². The van der Waals surface area contributed by atoms with Crippen molar-refractivity contribution in [2.75, 3.05) is 11.9 Å². The second-order valence-corrected chi connectivity index (χ2v) is 10.8. The molecule has 0 unspecified atom stereocenters. The molecule has 0 saturated heterocycles. The summed E-state index contributed by atoms with van der Waals surface area (Å²) in [5.74, 6) is -0.399. The summed E-state index contributed by atoms with van der Waals surface area (Å²) in [7, 11) is -3.95. The molecule has 0 aliphatic heterocycles. The lowest BCUT2D eigenvalue weighted by molar-refractivity contribution is -0.116. The minimum Gasteiger partial charge on any atom is -0.325 e. The van der Waals surface area contributed by atoms with Crippen LogP contribution in [0.5, 0.6) is 0 Å². The molecule has 0 aliphatic carbocycles. The molecule has 174 valence electrons. The van der Waals surface area contributed by atoms with Gasteiger partial charge in [-0.05, 0) is 80.6 Å². The molecule has 0 fully saturated rings. The highest BCUT2D eigenvalue weighted by atomic mass is 35.5. The van der Waals surface area contributed by atoms with Crippen LogP contribution in [0.25, 0.3) is 0 Å². The van der Waals surface area contributed by atoms with E-state index in [0.29, 0.717) is 21.8 Å². The summed E-state index contributed by atoms with van der Waals surface area (Å²) in [5, 5.41) is 3.43. The molecule has 0 bridgehead atoms. The van der Waals surface area contributed by atoms with Gasteiger partial charge in [-0.3, -0.25) is 4.79 Å². The molecule has 1 amide bonds. The zero-order valence-electron chi connectivity index (χ0n) is 19.6. The van der Waals surface area contributed by atoms with Crippen molar-refractivity contribution in [3.05, 3.63) is 93.0 Å². The van der Waals surface area contributed by atoms with Crippen molar-refractivity contribution in [3.63, 3.8) is 0 Å². The molecule has 0 spiro atoms. The second kappa shape index (κ2) is 10.1. The van der Waals surface area contributed by atoms with Crippen LogP contribution in [-0.2, 0) is 21.4 Å². The predicted molar refractivity (Wildman–Crippen MR) is 134 cm³/mol. The van der Waals surface area contributed by atoms with Crippen molar-refractivity contribution in [1.82, 2.24) is 4.31 Å². The van der Waals surface area contributed by atoms with Gasteiger partial charge in [-0.25, -0.2) is 8.42 Å². The van der Waals surface area contributed by atoms with Crippen molar-refractivity contribution in [2.24, 2.45) is 0 Å². The summed E-state index contributed by atoms with van der Waals surface area (Å²) in [5.41, 5.74) is 5.63. The molecule has 0 aliphatic rings. The Hall–Kier alpha value is -2.67. The number of hydrogen-bond donors (Lipinski definition) is 1. The Bertz CT molecular complexity index is 1260. The molecule has 33 heavy (non-hydrogen) atoms. The second-order valence-electron chi connectivity index (χ2n) is 8.49. The molecule has 0 saturated carbocycles. The number of anilines is 1. The summed E-state index contributed by atoms with van der Waals surface area (Å²) >= 11 is 6.00. The maximum Gasteiger partial charge on any atom is 0.244 e. The van der Waals surface area contributed by atoms with E-state index in [0.717, 1.165) is 22.3 Å². The number of carbonyl (C=O) groups is 1. The summed E-state index contributed by atoms with van der Waals surface area (Å²) < 4.78 is 28.8. The van der Waals surface area contributed by atoms with E-state index in [4.69, 9.17) is 11.6 Å².